The fourth-order valence-electron chi connectivity index (χ4n) is 4.43. The van der Waals surface area contributed by atoms with Gasteiger partial charge < -0.3 is 10.2 Å². The molecule has 2 aliphatic rings. The van der Waals surface area contributed by atoms with E-state index < -0.39 is 0 Å². The highest BCUT2D eigenvalue weighted by Gasteiger charge is 2.36. The maximum atomic E-state index is 13.0. The third-order valence-electron chi connectivity index (χ3n) is 5.56. The molecule has 3 rings (SSSR count). The number of rotatable bonds is 3. The Morgan fingerprint density at radius 2 is 1.84 bits per heavy atom. The van der Waals surface area contributed by atoms with Gasteiger partial charge in [0.25, 0.3) is 5.91 Å². The molecule has 0 spiro atoms. The van der Waals surface area contributed by atoms with Crippen molar-refractivity contribution in [2.75, 3.05) is 18.4 Å². The first-order chi connectivity index (χ1) is 12.0. The first-order valence-electron chi connectivity index (χ1n) is 9.40. The zero-order chi connectivity index (χ0) is 18.0. The minimum absolute atomic E-state index is 0.0661. The average Bonchev–Trinajstić information content (AvgIpc) is 2.92. The van der Waals surface area contributed by atoms with Crippen molar-refractivity contribution in [3.63, 3.8) is 0 Å². The van der Waals surface area contributed by atoms with Crippen LogP contribution in [0.3, 0.4) is 0 Å². The number of anilines is 1. The van der Waals surface area contributed by atoms with Crippen LogP contribution in [0, 0.1) is 0 Å². The van der Waals surface area contributed by atoms with E-state index in [9.17, 15) is 9.59 Å². The number of carbonyl (C=O) groups is 2. The smallest absolute Gasteiger partial charge is 0.253 e. The molecule has 3 atom stereocenters. The van der Waals surface area contributed by atoms with Crippen LogP contribution in [0.25, 0.3) is 0 Å². The summed E-state index contributed by atoms with van der Waals surface area (Å²) in [7, 11) is 0. The van der Waals surface area contributed by atoms with Crippen LogP contribution in [0.15, 0.2) is 24.3 Å². The van der Waals surface area contributed by atoms with E-state index in [4.69, 9.17) is 0 Å². The van der Waals surface area contributed by atoms with Crippen molar-refractivity contribution in [1.82, 2.24) is 9.80 Å². The number of piperidine rings is 1. The highest BCUT2D eigenvalue weighted by atomic mass is 16.2. The Hall–Kier alpha value is -1.88. The molecule has 2 fully saturated rings. The molecule has 0 radical (unpaired) electrons. The lowest BCUT2D eigenvalue weighted by molar-refractivity contribution is -0.114. The summed E-state index contributed by atoms with van der Waals surface area (Å²) in [6.45, 7) is 7.71. The highest BCUT2D eigenvalue weighted by Crippen LogP contribution is 2.30. The van der Waals surface area contributed by atoms with Crippen molar-refractivity contribution >= 4 is 17.5 Å². The molecule has 1 aromatic carbocycles. The molecule has 0 aliphatic carbocycles. The molecule has 2 aliphatic heterocycles. The monoisotopic (exact) mass is 343 g/mol. The SMILES string of the molecule is CC(=O)Nc1cccc(C(=O)N2CCC[C@@H](N3[C@H](C)CC[C@@H]3C)C2)c1. The summed E-state index contributed by atoms with van der Waals surface area (Å²) < 4.78 is 0. The zero-order valence-electron chi connectivity index (χ0n) is 15.5. The van der Waals surface area contributed by atoms with Crippen molar-refractivity contribution in [3.05, 3.63) is 29.8 Å². The van der Waals surface area contributed by atoms with E-state index in [-0.39, 0.29) is 11.8 Å². The van der Waals surface area contributed by atoms with Crippen molar-refractivity contribution < 1.29 is 9.59 Å². The Labute approximate surface area is 150 Å². The van der Waals surface area contributed by atoms with Crippen LogP contribution in [0.1, 0.15) is 56.8 Å². The van der Waals surface area contributed by atoms with Gasteiger partial charge in [-0.1, -0.05) is 6.07 Å². The summed E-state index contributed by atoms with van der Waals surface area (Å²) in [6, 6.07) is 8.92. The van der Waals surface area contributed by atoms with Gasteiger partial charge in [-0.2, -0.15) is 0 Å². The Balaban J connectivity index is 1.71. The Bertz CT molecular complexity index is 636. The fraction of sp³-hybridized carbons (Fsp3) is 0.600. The molecular formula is C20H29N3O2. The summed E-state index contributed by atoms with van der Waals surface area (Å²) >= 11 is 0. The van der Waals surface area contributed by atoms with Gasteiger partial charge in [0.05, 0.1) is 0 Å². The number of nitrogens with one attached hydrogen (secondary N) is 1. The van der Waals surface area contributed by atoms with Gasteiger partial charge in [0.1, 0.15) is 0 Å². The van der Waals surface area contributed by atoms with Gasteiger partial charge in [-0.25, -0.2) is 0 Å². The Kier molecular flexibility index (Phi) is 5.42. The zero-order valence-corrected chi connectivity index (χ0v) is 15.5. The van der Waals surface area contributed by atoms with E-state index in [1.54, 1.807) is 6.07 Å². The Morgan fingerprint density at radius 1 is 1.12 bits per heavy atom. The normalized spacial score (nSPS) is 27.3. The summed E-state index contributed by atoms with van der Waals surface area (Å²) in [4.78, 5) is 28.8. The average molecular weight is 343 g/mol. The molecule has 0 bridgehead atoms. The maximum Gasteiger partial charge on any atom is 0.253 e. The van der Waals surface area contributed by atoms with Crippen LogP contribution in [-0.2, 0) is 4.79 Å². The van der Waals surface area contributed by atoms with E-state index in [1.807, 2.05) is 23.1 Å². The number of hydrogen-bond acceptors (Lipinski definition) is 3. The van der Waals surface area contributed by atoms with Crippen LogP contribution in [0.2, 0.25) is 0 Å². The van der Waals surface area contributed by atoms with Gasteiger partial charge in [0, 0.05) is 49.4 Å². The minimum Gasteiger partial charge on any atom is -0.337 e. The van der Waals surface area contributed by atoms with E-state index in [0.29, 0.717) is 29.4 Å². The van der Waals surface area contributed by atoms with Crippen LogP contribution >= 0.6 is 0 Å². The molecule has 0 unspecified atom stereocenters. The Morgan fingerprint density at radius 3 is 2.52 bits per heavy atom. The lowest BCUT2D eigenvalue weighted by Crippen LogP contribution is -2.52. The van der Waals surface area contributed by atoms with Crippen molar-refractivity contribution in [3.8, 4) is 0 Å². The first kappa shape index (κ1) is 17.9. The second-order valence-corrected chi connectivity index (χ2v) is 7.53. The lowest BCUT2D eigenvalue weighted by Gasteiger charge is -2.41. The largest absolute Gasteiger partial charge is 0.337 e. The molecular weight excluding hydrogens is 314 g/mol. The molecule has 5 heteroatoms. The molecule has 2 amide bonds. The third-order valence-corrected chi connectivity index (χ3v) is 5.56. The summed E-state index contributed by atoms with van der Waals surface area (Å²) in [6.07, 6.45) is 4.73. The molecule has 2 saturated heterocycles. The lowest BCUT2D eigenvalue weighted by atomic mass is 10.0. The maximum absolute atomic E-state index is 13.0. The van der Waals surface area contributed by atoms with Gasteiger partial charge in [0.15, 0.2) is 0 Å². The topological polar surface area (TPSA) is 52.7 Å². The van der Waals surface area contributed by atoms with Crippen molar-refractivity contribution in [2.45, 2.75) is 64.6 Å². The first-order valence-corrected chi connectivity index (χ1v) is 9.40. The number of carbonyl (C=O) groups excluding carboxylic acids is 2. The summed E-state index contributed by atoms with van der Waals surface area (Å²) in [5.74, 6) is -0.0592. The van der Waals surface area contributed by atoms with E-state index in [2.05, 4.69) is 24.1 Å². The number of amides is 2. The number of hydrogen-bond donors (Lipinski definition) is 1. The van der Waals surface area contributed by atoms with Gasteiger partial charge in [-0.05, 0) is 57.7 Å². The molecule has 1 N–H and O–H groups in total. The van der Waals surface area contributed by atoms with E-state index in [1.165, 1.54) is 26.2 Å². The minimum atomic E-state index is -0.125. The number of likely N-dealkylation sites (tertiary alicyclic amines) is 2. The molecule has 0 saturated carbocycles. The van der Waals surface area contributed by atoms with E-state index >= 15 is 0 Å². The van der Waals surface area contributed by atoms with Gasteiger partial charge >= 0.3 is 0 Å². The molecule has 2 heterocycles. The van der Waals surface area contributed by atoms with Gasteiger partial charge in [-0.3, -0.25) is 14.5 Å². The standard InChI is InChI=1S/C20H29N3O2/c1-14-9-10-15(2)23(14)19-8-5-11-22(13-19)20(25)17-6-4-7-18(12-17)21-16(3)24/h4,6-7,12,14-15,19H,5,8-11,13H2,1-3H3,(H,21,24)/t14-,15+,19-/m1/s1. The predicted molar refractivity (Wildman–Crippen MR) is 99.7 cm³/mol. The second kappa shape index (κ2) is 7.56. The fourth-order valence-corrected chi connectivity index (χ4v) is 4.43. The molecule has 5 nitrogen and oxygen atoms in total. The van der Waals surface area contributed by atoms with Crippen LogP contribution < -0.4 is 5.32 Å². The quantitative estimate of drug-likeness (QED) is 0.917. The van der Waals surface area contributed by atoms with Crippen molar-refractivity contribution in [1.29, 1.82) is 0 Å². The van der Waals surface area contributed by atoms with E-state index in [0.717, 1.165) is 19.5 Å². The molecule has 25 heavy (non-hydrogen) atoms. The number of nitrogens with zero attached hydrogens (tertiary/aromatic N) is 2. The van der Waals surface area contributed by atoms with Crippen LogP contribution in [0.5, 0.6) is 0 Å². The van der Waals surface area contributed by atoms with Crippen LogP contribution in [0.4, 0.5) is 5.69 Å². The molecule has 0 aromatic heterocycles. The highest BCUT2D eigenvalue weighted by molar-refractivity contribution is 5.96. The number of benzene rings is 1. The molecule has 136 valence electrons. The van der Waals surface area contributed by atoms with Crippen LogP contribution in [-0.4, -0.2) is 52.8 Å². The van der Waals surface area contributed by atoms with Crippen molar-refractivity contribution in [2.24, 2.45) is 0 Å². The second-order valence-electron chi connectivity index (χ2n) is 7.53. The summed E-state index contributed by atoms with van der Waals surface area (Å²) in [5.41, 5.74) is 1.32. The molecule has 1 aromatic rings. The van der Waals surface area contributed by atoms with Gasteiger partial charge in [0.2, 0.25) is 5.91 Å². The predicted octanol–water partition coefficient (Wildman–Crippen LogP) is 3.12. The summed E-state index contributed by atoms with van der Waals surface area (Å²) in [5, 5.41) is 2.75. The third kappa shape index (κ3) is 4.03. The van der Waals surface area contributed by atoms with Gasteiger partial charge in [-0.15, -0.1) is 0 Å².